The first kappa shape index (κ1) is 15.3. The van der Waals surface area contributed by atoms with Gasteiger partial charge in [-0.25, -0.2) is 0 Å². The minimum Gasteiger partial charge on any atom is -0.497 e. The van der Waals surface area contributed by atoms with Gasteiger partial charge in [0.1, 0.15) is 30.4 Å². The molecule has 0 saturated carbocycles. The minimum absolute atomic E-state index is 0.132. The number of benzene rings is 1. The van der Waals surface area contributed by atoms with Crippen LogP contribution in [0, 0.1) is 0 Å². The maximum Gasteiger partial charge on any atom is 0.162 e. The second-order valence-corrected chi connectivity index (χ2v) is 4.70. The molecule has 6 heteroatoms. The highest BCUT2D eigenvalue weighted by Gasteiger charge is 2.11. The number of methoxy groups -OCH3 is 2. The first-order valence-electron chi connectivity index (χ1n) is 6.63. The lowest BCUT2D eigenvalue weighted by atomic mass is 10.1. The smallest absolute Gasteiger partial charge is 0.162 e. The van der Waals surface area contributed by atoms with Crippen LogP contribution in [-0.4, -0.2) is 19.4 Å². The third kappa shape index (κ3) is 3.96. The molecule has 6 nitrogen and oxygen atoms in total. The number of aromatic nitrogens is 1. The molecule has 2 rings (SSSR count). The van der Waals surface area contributed by atoms with Crippen LogP contribution in [0.15, 0.2) is 28.8 Å². The molecule has 0 aliphatic rings. The van der Waals surface area contributed by atoms with Crippen LogP contribution in [0.25, 0.3) is 0 Å². The van der Waals surface area contributed by atoms with Gasteiger partial charge in [0, 0.05) is 30.8 Å². The van der Waals surface area contributed by atoms with E-state index >= 15 is 0 Å². The van der Waals surface area contributed by atoms with Crippen molar-refractivity contribution in [2.75, 3.05) is 14.2 Å². The average Bonchev–Trinajstić information content (AvgIpc) is 2.92. The summed E-state index contributed by atoms with van der Waals surface area (Å²) in [5.74, 6) is 2.06. The zero-order chi connectivity index (χ0) is 15.2. The molecule has 1 atom stereocenters. The van der Waals surface area contributed by atoms with Gasteiger partial charge in [0.25, 0.3) is 0 Å². The predicted molar refractivity (Wildman–Crippen MR) is 77.1 cm³/mol. The Balaban J connectivity index is 2.10. The lowest BCUT2D eigenvalue weighted by molar-refractivity contribution is 0.155. The van der Waals surface area contributed by atoms with E-state index in [1.165, 1.54) is 0 Å². The number of rotatable bonds is 7. The summed E-state index contributed by atoms with van der Waals surface area (Å²) >= 11 is 0. The summed E-state index contributed by atoms with van der Waals surface area (Å²) in [4.78, 5) is 0. The third-order valence-corrected chi connectivity index (χ3v) is 2.98. The first-order chi connectivity index (χ1) is 10.1. The van der Waals surface area contributed by atoms with Crippen molar-refractivity contribution in [3.63, 3.8) is 0 Å². The number of ether oxygens (including phenoxy) is 3. The van der Waals surface area contributed by atoms with Gasteiger partial charge >= 0.3 is 0 Å². The lowest BCUT2D eigenvalue weighted by Gasteiger charge is -2.14. The van der Waals surface area contributed by atoms with Crippen molar-refractivity contribution in [1.82, 2.24) is 5.16 Å². The molecule has 0 spiro atoms. The van der Waals surface area contributed by atoms with E-state index in [-0.39, 0.29) is 6.04 Å². The second kappa shape index (κ2) is 7.10. The Morgan fingerprint density at radius 1 is 1.24 bits per heavy atom. The maximum absolute atomic E-state index is 5.95. The molecule has 114 valence electrons. The van der Waals surface area contributed by atoms with Gasteiger partial charge in [-0.15, -0.1) is 0 Å². The molecular formula is C15H20N2O4. The molecule has 0 bridgehead atoms. The van der Waals surface area contributed by atoms with E-state index in [4.69, 9.17) is 24.5 Å². The van der Waals surface area contributed by atoms with Crippen molar-refractivity contribution in [2.45, 2.75) is 26.2 Å². The Labute approximate surface area is 123 Å². The van der Waals surface area contributed by atoms with E-state index in [1.807, 2.05) is 25.1 Å². The molecule has 1 heterocycles. The fourth-order valence-corrected chi connectivity index (χ4v) is 1.93. The molecule has 0 fully saturated rings. The molecule has 0 saturated heterocycles. The Morgan fingerprint density at radius 3 is 2.71 bits per heavy atom. The van der Waals surface area contributed by atoms with E-state index < -0.39 is 0 Å². The summed E-state index contributed by atoms with van der Waals surface area (Å²) in [5.41, 5.74) is 7.56. The van der Waals surface area contributed by atoms with Gasteiger partial charge in [-0.05, 0) is 13.0 Å². The summed E-state index contributed by atoms with van der Waals surface area (Å²) in [5, 5.41) is 3.92. The first-order valence-corrected chi connectivity index (χ1v) is 6.63. The summed E-state index contributed by atoms with van der Waals surface area (Å²) in [6.07, 6.45) is 0. The third-order valence-electron chi connectivity index (χ3n) is 2.98. The minimum atomic E-state index is -0.132. The van der Waals surface area contributed by atoms with Crippen LogP contribution in [0.4, 0.5) is 0 Å². The number of nitrogens with zero attached hydrogens (tertiary/aromatic N) is 1. The monoisotopic (exact) mass is 292 g/mol. The molecule has 2 aromatic rings. The van der Waals surface area contributed by atoms with Gasteiger partial charge in [-0.2, -0.15) is 0 Å². The van der Waals surface area contributed by atoms with Crippen molar-refractivity contribution in [2.24, 2.45) is 5.73 Å². The Morgan fingerprint density at radius 2 is 2.05 bits per heavy atom. The fourth-order valence-electron chi connectivity index (χ4n) is 1.93. The van der Waals surface area contributed by atoms with Gasteiger partial charge in [-0.3, -0.25) is 0 Å². The van der Waals surface area contributed by atoms with Crippen LogP contribution in [0.5, 0.6) is 11.5 Å². The highest BCUT2D eigenvalue weighted by molar-refractivity contribution is 5.42. The number of nitrogens with two attached hydrogens (primary N) is 1. The Bertz CT molecular complexity index is 581. The molecule has 1 aromatic heterocycles. The van der Waals surface area contributed by atoms with Gasteiger partial charge in [0.05, 0.1) is 7.11 Å². The van der Waals surface area contributed by atoms with Gasteiger partial charge in [-0.1, -0.05) is 11.2 Å². The summed E-state index contributed by atoms with van der Waals surface area (Å²) in [6.45, 7) is 2.58. The van der Waals surface area contributed by atoms with E-state index in [9.17, 15) is 0 Å². The molecule has 2 N–H and O–H groups in total. The van der Waals surface area contributed by atoms with Crippen LogP contribution in [0.3, 0.4) is 0 Å². The topological polar surface area (TPSA) is 79.7 Å². The van der Waals surface area contributed by atoms with Crippen LogP contribution in [0.2, 0.25) is 0 Å². The maximum atomic E-state index is 5.95. The van der Waals surface area contributed by atoms with Crippen molar-refractivity contribution < 1.29 is 18.7 Å². The molecule has 1 unspecified atom stereocenters. The van der Waals surface area contributed by atoms with Crippen LogP contribution < -0.4 is 15.2 Å². The van der Waals surface area contributed by atoms with Gasteiger partial charge < -0.3 is 24.5 Å². The van der Waals surface area contributed by atoms with Gasteiger partial charge in [0.2, 0.25) is 0 Å². The Hall–Kier alpha value is -2.05. The fraction of sp³-hybridized carbons (Fsp3) is 0.400. The standard InChI is InChI=1S/C15H20N2O4/c1-10(16)14-5-4-12(19-3)7-15(14)20-8-11-6-13(9-18-2)21-17-11/h4-7,10H,8-9,16H2,1-3H3. The summed E-state index contributed by atoms with van der Waals surface area (Å²) in [6, 6.07) is 7.24. The molecule has 0 amide bonds. The molecule has 0 aliphatic carbocycles. The van der Waals surface area contributed by atoms with Crippen LogP contribution in [0.1, 0.15) is 30.0 Å². The van der Waals surface area contributed by atoms with Crippen LogP contribution in [-0.2, 0) is 18.0 Å². The quantitative estimate of drug-likeness (QED) is 0.844. The van der Waals surface area contributed by atoms with Crippen molar-refractivity contribution in [1.29, 1.82) is 0 Å². The molecule has 1 aromatic carbocycles. The zero-order valence-electron chi connectivity index (χ0n) is 12.5. The SMILES string of the molecule is COCc1cc(COc2cc(OC)ccc2C(C)N)no1. The largest absolute Gasteiger partial charge is 0.497 e. The van der Waals surface area contributed by atoms with Crippen molar-refractivity contribution >= 4 is 0 Å². The average molecular weight is 292 g/mol. The van der Waals surface area contributed by atoms with Crippen molar-refractivity contribution in [3.8, 4) is 11.5 Å². The molecular weight excluding hydrogens is 272 g/mol. The lowest BCUT2D eigenvalue weighted by Crippen LogP contribution is -2.08. The zero-order valence-corrected chi connectivity index (χ0v) is 12.5. The van der Waals surface area contributed by atoms with Crippen LogP contribution >= 0.6 is 0 Å². The predicted octanol–water partition coefficient (Wildman–Crippen LogP) is 2.43. The molecule has 0 aliphatic heterocycles. The normalized spacial score (nSPS) is 12.2. The Kier molecular flexibility index (Phi) is 5.19. The van der Waals surface area contributed by atoms with E-state index in [2.05, 4.69) is 5.16 Å². The number of hydrogen-bond acceptors (Lipinski definition) is 6. The van der Waals surface area contributed by atoms with E-state index in [0.29, 0.717) is 30.4 Å². The highest BCUT2D eigenvalue weighted by atomic mass is 16.5. The molecule has 21 heavy (non-hydrogen) atoms. The number of hydrogen-bond donors (Lipinski definition) is 1. The van der Waals surface area contributed by atoms with Crippen molar-refractivity contribution in [3.05, 3.63) is 41.3 Å². The van der Waals surface area contributed by atoms with Gasteiger partial charge in [0.15, 0.2) is 5.76 Å². The summed E-state index contributed by atoms with van der Waals surface area (Å²) < 4.78 is 21.1. The van der Waals surface area contributed by atoms with E-state index in [0.717, 1.165) is 11.3 Å². The second-order valence-electron chi connectivity index (χ2n) is 4.70. The van der Waals surface area contributed by atoms with E-state index in [1.54, 1.807) is 20.3 Å². The highest BCUT2D eigenvalue weighted by Crippen LogP contribution is 2.29. The molecule has 0 radical (unpaired) electrons. The summed E-state index contributed by atoms with van der Waals surface area (Å²) in [7, 11) is 3.21.